The van der Waals surface area contributed by atoms with Gasteiger partial charge in [0.25, 0.3) is 0 Å². The molecule has 1 fully saturated rings. The molecule has 8 heteroatoms. The minimum absolute atomic E-state index is 0.0819. The summed E-state index contributed by atoms with van der Waals surface area (Å²) in [4.78, 5) is 0. The Hall–Kier alpha value is -1.29. The van der Waals surface area contributed by atoms with Crippen molar-refractivity contribution in [3.8, 4) is 0 Å². The van der Waals surface area contributed by atoms with Gasteiger partial charge in [-0.2, -0.15) is 0 Å². The van der Waals surface area contributed by atoms with E-state index >= 15 is 0 Å². The van der Waals surface area contributed by atoms with Gasteiger partial charge < -0.3 is 36.2 Å². The molecule has 5 unspecified atom stereocenters. The van der Waals surface area contributed by atoms with Crippen molar-refractivity contribution in [2.45, 2.75) is 30.0 Å². The maximum atomic E-state index is 10.2. The number of thiocarbonyl (C=S) groups is 1. The highest BCUT2D eigenvalue weighted by Gasteiger charge is 2.59. The number of aliphatic hydroxyl groups excluding tert-OH is 4. The second kappa shape index (κ2) is 6.22. The SMILES string of the molecule is OCC1(O)C(O)C(O)C(O)C1NC(=S)Nc1ccccc1. The number of aliphatic hydroxyl groups is 5. The van der Waals surface area contributed by atoms with Crippen LogP contribution in [0.4, 0.5) is 5.69 Å². The molecule has 21 heavy (non-hydrogen) atoms. The second-order valence-electron chi connectivity index (χ2n) is 5.02. The van der Waals surface area contributed by atoms with Crippen LogP contribution in [0, 0.1) is 0 Å². The summed E-state index contributed by atoms with van der Waals surface area (Å²) in [6.07, 6.45) is -4.75. The monoisotopic (exact) mass is 314 g/mol. The Morgan fingerprint density at radius 1 is 1.14 bits per heavy atom. The molecular formula is C13H18N2O5S. The number of hydrogen-bond acceptors (Lipinski definition) is 6. The van der Waals surface area contributed by atoms with Gasteiger partial charge in [0, 0.05) is 5.69 Å². The Bertz CT molecular complexity index is 503. The van der Waals surface area contributed by atoms with Gasteiger partial charge in [0.15, 0.2) is 5.11 Å². The first-order chi connectivity index (χ1) is 9.90. The third-order valence-electron chi connectivity index (χ3n) is 3.64. The first kappa shape index (κ1) is 16.1. The summed E-state index contributed by atoms with van der Waals surface area (Å²) >= 11 is 5.06. The molecular weight excluding hydrogens is 296 g/mol. The zero-order chi connectivity index (χ0) is 15.6. The van der Waals surface area contributed by atoms with Crippen LogP contribution in [0.25, 0.3) is 0 Å². The molecule has 0 heterocycles. The van der Waals surface area contributed by atoms with E-state index in [0.717, 1.165) is 0 Å². The van der Waals surface area contributed by atoms with E-state index in [4.69, 9.17) is 12.2 Å². The van der Waals surface area contributed by atoms with Gasteiger partial charge in [-0.3, -0.25) is 0 Å². The lowest BCUT2D eigenvalue weighted by Gasteiger charge is -2.32. The lowest BCUT2D eigenvalue weighted by Crippen LogP contribution is -2.59. The van der Waals surface area contributed by atoms with E-state index in [1.807, 2.05) is 6.07 Å². The van der Waals surface area contributed by atoms with Crippen LogP contribution in [0.2, 0.25) is 0 Å². The van der Waals surface area contributed by atoms with Crippen LogP contribution in [0.1, 0.15) is 0 Å². The first-order valence-electron chi connectivity index (χ1n) is 6.40. The fourth-order valence-electron chi connectivity index (χ4n) is 2.39. The topological polar surface area (TPSA) is 125 Å². The van der Waals surface area contributed by atoms with Crippen molar-refractivity contribution in [2.75, 3.05) is 11.9 Å². The maximum Gasteiger partial charge on any atom is 0.171 e. The summed E-state index contributed by atoms with van der Waals surface area (Å²) in [7, 11) is 0. The molecule has 7 nitrogen and oxygen atoms in total. The second-order valence-corrected chi connectivity index (χ2v) is 5.43. The molecule has 1 aliphatic rings. The fraction of sp³-hybridized carbons (Fsp3) is 0.462. The van der Waals surface area contributed by atoms with E-state index in [1.54, 1.807) is 24.3 Å². The minimum Gasteiger partial charge on any atom is -0.393 e. The summed E-state index contributed by atoms with van der Waals surface area (Å²) in [5.74, 6) is 0. The number of hydrogen-bond donors (Lipinski definition) is 7. The quantitative estimate of drug-likeness (QED) is 0.325. The Labute approximate surface area is 126 Å². The molecule has 1 aromatic rings. The minimum atomic E-state index is -2.10. The van der Waals surface area contributed by atoms with Crippen LogP contribution in [-0.2, 0) is 0 Å². The Morgan fingerprint density at radius 2 is 1.76 bits per heavy atom. The maximum absolute atomic E-state index is 10.2. The summed E-state index contributed by atoms with van der Waals surface area (Å²) in [5, 5.41) is 54.3. The third kappa shape index (κ3) is 3.00. The smallest absolute Gasteiger partial charge is 0.171 e. The van der Waals surface area contributed by atoms with E-state index in [2.05, 4.69) is 10.6 Å². The van der Waals surface area contributed by atoms with E-state index in [9.17, 15) is 25.5 Å². The Kier molecular flexibility index (Phi) is 4.77. The van der Waals surface area contributed by atoms with Crippen molar-refractivity contribution in [3.05, 3.63) is 30.3 Å². The molecule has 1 aromatic carbocycles. The molecule has 0 aromatic heterocycles. The van der Waals surface area contributed by atoms with E-state index < -0.39 is 36.6 Å². The van der Waals surface area contributed by atoms with Crippen molar-refractivity contribution < 1.29 is 25.5 Å². The highest BCUT2D eigenvalue weighted by molar-refractivity contribution is 7.80. The molecule has 0 aliphatic heterocycles. The molecule has 1 saturated carbocycles. The van der Waals surface area contributed by atoms with Crippen LogP contribution >= 0.6 is 12.2 Å². The van der Waals surface area contributed by atoms with Gasteiger partial charge in [-0.25, -0.2) is 0 Å². The van der Waals surface area contributed by atoms with E-state index in [0.29, 0.717) is 5.69 Å². The van der Waals surface area contributed by atoms with Crippen LogP contribution in [0.15, 0.2) is 30.3 Å². The lowest BCUT2D eigenvalue weighted by atomic mass is 9.96. The molecule has 1 aliphatic carbocycles. The highest BCUT2D eigenvalue weighted by atomic mass is 32.1. The van der Waals surface area contributed by atoms with Crippen molar-refractivity contribution in [3.63, 3.8) is 0 Å². The third-order valence-corrected chi connectivity index (χ3v) is 3.86. The highest BCUT2D eigenvalue weighted by Crippen LogP contribution is 2.31. The van der Waals surface area contributed by atoms with Crippen molar-refractivity contribution in [1.82, 2.24) is 5.32 Å². The van der Waals surface area contributed by atoms with Crippen LogP contribution in [0.5, 0.6) is 0 Å². The molecule has 5 atom stereocenters. The number of rotatable bonds is 3. The average molecular weight is 314 g/mol. The normalized spacial score (nSPS) is 35.5. The number of para-hydroxylation sites is 1. The van der Waals surface area contributed by atoms with Gasteiger partial charge in [0.05, 0.1) is 12.6 Å². The molecule has 116 valence electrons. The molecule has 0 saturated heterocycles. The predicted octanol–water partition coefficient (Wildman–Crippen LogP) is -1.84. The van der Waals surface area contributed by atoms with Crippen LogP contribution < -0.4 is 10.6 Å². The summed E-state index contributed by atoms with van der Waals surface area (Å²) < 4.78 is 0. The van der Waals surface area contributed by atoms with Crippen LogP contribution in [-0.4, -0.2) is 67.2 Å². The van der Waals surface area contributed by atoms with Crippen molar-refractivity contribution >= 4 is 23.0 Å². The van der Waals surface area contributed by atoms with Gasteiger partial charge in [-0.05, 0) is 24.4 Å². The zero-order valence-corrected chi connectivity index (χ0v) is 11.9. The van der Waals surface area contributed by atoms with Crippen molar-refractivity contribution in [1.29, 1.82) is 0 Å². The Balaban J connectivity index is 2.08. The molecule has 0 bridgehead atoms. The van der Waals surface area contributed by atoms with Gasteiger partial charge >= 0.3 is 0 Å². The van der Waals surface area contributed by atoms with E-state index in [-0.39, 0.29) is 5.11 Å². The van der Waals surface area contributed by atoms with Gasteiger partial charge in [0.1, 0.15) is 23.9 Å². The summed E-state index contributed by atoms with van der Waals surface area (Å²) in [6.45, 7) is -0.839. The molecule has 0 spiro atoms. The van der Waals surface area contributed by atoms with Crippen molar-refractivity contribution in [2.24, 2.45) is 0 Å². The van der Waals surface area contributed by atoms with Gasteiger partial charge in [-0.1, -0.05) is 18.2 Å². The number of benzene rings is 1. The van der Waals surface area contributed by atoms with E-state index in [1.165, 1.54) is 0 Å². The Morgan fingerprint density at radius 3 is 2.33 bits per heavy atom. The molecule has 0 amide bonds. The summed E-state index contributed by atoms with van der Waals surface area (Å²) in [6, 6.07) is 7.75. The molecule has 0 radical (unpaired) electrons. The largest absolute Gasteiger partial charge is 0.393 e. The zero-order valence-electron chi connectivity index (χ0n) is 11.0. The fourth-order valence-corrected chi connectivity index (χ4v) is 2.64. The predicted molar refractivity (Wildman–Crippen MR) is 79.6 cm³/mol. The lowest BCUT2D eigenvalue weighted by molar-refractivity contribution is -0.118. The first-order valence-corrected chi connectivity index (χ1v) is 6.81. The molecule has 2 rings (SSSR count). The summed E-state index contributed by atoms with van der Waals surface area (Å²) in [5.41, 5.74) is -1.41. The van der Waals surface area contributed by atoms with Gasteiger partial charge in [-0.15, -0.1) is 0 Å². The number of anilines is 1. The number of nitrogens with one attached hydrogen (secondary N) is 2. The van der Waals surface area contributed by atoms with Crippen LogP contribution in [0.3, 0.4) is 0 Å². The average Bonchev–Trinajstić information content (AvgIpc) is 2.64. The standard InChI is InChI=1S/C13H18N2O5S/c16-6-13(20)10(8(17)9(18)11(13)19)15-12(21)14-7-4-2-1-3-5-7/h1-5,8-11,16-20H,6H2,(H2,14,15,21). The van der Waals surface area contributed by atoms with Gasteiger partial charge in [0.2, 0.25) is 0 Å². The molecule has 7 N–H and O–H groups in total.